The second-order valence-corrected chi connectivity index (χ2v) is 8.24. The molecule has 0 bridgehead atoms. The Hall–Kier alpha value is -1.96. The van der Waals surface area contributed by atoms with Gasteiger partial charge in [-0.3, -0.25) is 9.69 Å². The van der Waals surface area contributed by atoms with Gasteiger partial charge in [-0.25, -0.2) is 8.78 Å². The summed E-state index contributed by atoms with van der Waals surface area (Å²) in [6, 6.07) is 12.8. The van der Waals surface area contributed by atoms with Gasteiger partial charge in [0.1, 0.15) is 17.0 Å². The number of benzene rings is 2. The van der Waals surface area contributed by atoms with Crippen LogP contribution >= 0.6 is 11.8 Å². The highest BCUT2D eigenvalue weighted by Gasteiger charge is 2.31. The summed E-state index contributed by atoms with van der Waals surface area (Å²) in [5.41, 5.74) is 1.76. The number of hydrogen-bond acceptors (Lipinski definition) is 4. The number of halogens is 2. The highest BCUT2D eigenvalue weighted by Crippen LogP contribution is 2.37. The van der Waals surface area contributed by atoms with E-state index in [4.69, 9.17) is 4.74 Å². The number of carbonyl (C=O) groups is 1. The van der Waals surface area contributed by atoms with E-state index in [0.717, 1.165) is 23.3 Å². The first-order chi connectivity index (χ1) is 14.1. The van der Waals surface area contributed by atoms with E-state index in [0.29, 0.717) is 26.2 Å². The van der Waals surface area contributed by atoms with Crippen molar-refractivity contribution in [1.82, 2.24) is 9.80 Å². The van der Waals surface area contributed by atoms with Crippen LogP contribution in [-0.2, 0) is 16.1 Å². The summed E-state index contributed by atoms with van der Waals surface area (Å²) in [6.45, 7) is 2.69. The highest BCUT2D eigenvalue weighted by atomic mass is 32.2. The smallest absolute Gasteiger partial charge is 0.237 e. The lowest BCUT2D eigenvalue weighted by Gasteiger charge is -2.28. The highest BCUT2D eigenvalue weighted by molar-refractivity contribution is 7.99. The van der Waals surface area contributed by atoms with Gasteiger partial charge in [0, 0.05) is 39.1 Å². The van der Waals surface area contributed by atoms with Crippen molar-refractivity contribution in [3.05, 3.63) is 71.3 Å². The molecule has 1 aliphatic rings. The Kier molecular flexibility index (Phi) is 8.03. The van der Waals surface area contributed by atoms with Crippen molar-refractivity contribution in [3.63, 3.8) is 0 Å². The number of amides is 1. The molecule has 3 rings (SSSR count). The molecular formula is C22H26F2N2O2S. The van der Waals surface area contributed by atoms with Crippen LogP contribution in [-0.4, -0.2) is 54.8 Å². The van der Waals surface area contributed by atoms with Crippen molar-refractivity contribution < 1.29 is 18.3 Å². The molecule has 0 aromatic heterocycles. The summed E-state index contributed by atoms with van der Waals surface area (Å²) in [5.74, 6) is 0.312. The maximum atomic E-state index is 13.6. The second-order valence-electron chi connectivity index (χ2n) is 7.05. The first kappa shape index (κ1) is 21.7. The fraction of sp³-hybridized carbons (Fsp3) is 0.409. The molecule has 29 heavy (non-hydrogen) atoms. The van der Waals surface area contributed by atoms with E-state index in [1.54, 1.807) is 37.1 Å². The molecular weight excluding hydrogens is 394 g/mol. The molecule has 0 N–H and O–H groups in total. The molecule has 1 unspecified atom stereocenters. The quantitative estimate of drug-likeness (QED) is 0.573. The van der Waals surface area contributed by atoms with E-state index >= 15 is 0 Å². The third kappa shape index (κ3) is 6.26. The molecule has 2 aromatic carbocycles. The molecule has 7 heteroatoms. The Bertz CT molecular complexity index is 804. The number of hydrogen-bond donors (Lipinski definition) is 0. The minimum Gasteiger partial charge on any atom is -0.385 e. The van der Waals surface area contributed by atoms with Gasteiger partial charge >= 0.3 is 0 Å². The Morgan fingerprint density at radius 1 is 1.21 bits per heavy atom. The molecule has 0 radical (unpaired) electrons. The van der Waals surface area contributed by atoms with Crippen LogP contribution in [0.5, 0.6) is 0 Å². The molecule has 1 saturated heterocycles. The predicted molar refractivity (Wildman–Crippen MR) is 111 cm³/mol. The fourth-order valence-corrected chi connectivity index (χ4v) is 4.73. The van der Waals surface area contributed by atoms with Gasteiger partial charge in [0.25, 0.3) is 0 Å². The zero-order chi connectivity index (χ0) is 20.6. The lowest BCUT2D eigenvalue weighted by Crippen LogP contribution is -2.40. The van der Waals surface area contributed by atoms with Crippen LogP contribution in [0.1, 0.15) is 22.9 Å². The molecule has 1 fully saturated rings. The SMILES string of the molecule is COCCCN(CC(=O)N1CCSC1c1ccc(F)cc1)Cc1cccc(F)c1. The largest absolute Gasteiger partial charge is 0.385 e. The third-order valence-corrected chi connectivity index (χ3v) is 6.10. The van der Waals surface area contributed by atoms with Crippen molar-refractivity contribution in [2.75, 3.05) is 39.1 Å². The summed E-state index contributed by atoms with van der Waals surface area (Å²) in [5, 5.41) is -0.0990. The zero-order valence-electron chi connectivity index (χ0n) is 16.5. The van der Waals surface area contributed by atoms with Crippen LogP contribution in [0.25, 0.3) is 0 Å². The topological polar surface area (TPSA) is 32.8 Å². The number of thioether (sulfide) groups is 1. The van der Waals surface area contributed by atoms with E-state index in [2.05, 4.69) is 0 Å². The third-order valence-electron chi connectivity index (χ3n) is 4.84. The fourth-order valence-electron chi connectivity index (χ4n) is 3.45. The minimum absolute atomic E-state index is 0.0261. The van der Waals surface area contributed by atoms with Crippen LogP contribution in [0, 0.1) is 11.6 Å². The van der Waals surface area contributed by atoms with E-state index < -0.39 is 0 Å². The van der Waals surface area contributed by atoms with Crippen LogP contribution in [0.4, 0.5) is 8.78 Å². The molecule has 2 aromatic rings. The van der Waals surface area contributed by atoms with Gasteiger partial charge in [0.05, 0.1) is 6.54 Å². The Labute approximate surface area is 174 Å². The number of rotatable bonds is 9. The van der Waals surface area contributed by atoms with Crippen LogP contribution in [0.3, 0.4) is 0 Å². The predicted octanol–water partition coefficient (Wildman–Crippen LogP) is 4.08. The maximum absolute atomic E-state index is 13.6. The maximum Gasteiger partial charge on any atom is 0.237 e. The monoisotopic (exact) mass is 420 g/mol. The summed E-state index contributed by atoms with van der Waals surface area (Å²) in [6.07, 6.45) is 0.787. The van der Waals surface area contributed by atoms with Crippen molar-refractivity contribution in [3.8, 4) is 0 Å². The van der Waals surface area contributed by atoms with Gasteiger partial charge in [0.15, 0.2) is 0 Å². The van der Waals surface area contributed by atoms with Crippen molar-refractivity contribution in [2.24, 2.45) is 0 Å². The van der Waals surface area contributed by atoms with Gasteiger partial charge < -0.3 is 9.64 Å². The van der Waals surface area contributed by atoms with Crippen LogP contribution in [0.2, 0.25) is 0 Å². The Morgan fingerprint density at radius 2 is 2.00 bits per heavy atom. The van der Waals surface area contributed by atoms with E-state index in [1.807, 2.05) is 15.9 Å². The summed E-state index contributed by atoms with van der Waals surface area (Å²) >= 11 is 1.69. The average Bonchev–Trinajstić information content (AvgIpc) is 3.19. The van der Waals surface area contributed by atoms with Crippen LogP contribution in [0.15, 0.2) is 48.5 Å². The summed E-state index contributed by atoms with van der Waals surface area (Å²) in [7, 11) is 1.65. The van der Waals surface area contributed by atoms with Gasteiger partial charge in [0.2, 0.25) is 5.91 Å². The summed E-state index contributed by atoms with van der Waals surface area (Å²) in [4.78, 5) is 17.0. The molecule has 0 spiro atoms. The van der Waals surface area contributed by atoms with Crippen LogP contribution < -0.4 is 0 Å². The zero-order valence-corrected chi connectivity index (χ0v) is 17.3. The normalized spacial score (nSPS) is 16.6. The standard InChI is InChI=1S/C22H26F2N2O2S/c1-28-12-3-10-25(15-17-4-2-5-20(24)14-17)16-21(27)26-11-13-29-22(26)18-6-8-19(23)9-7-18/h2,4-9,14,22H,3,10-13,15-16H2,1H3. The summed E-state index contributed by atoms with van der Waals surface area (Å²) < 4.78 is 31.9. The molecule has 4 nitrogen and oxygen atoms in total. The van der Waals surface area contributed by atoms with Gasteiger partial charge in [-0.1, -0.05) is 24.3 Å². The first-order valence-corrected chi connectivity index (χ1v) is 10.7. The molecule has 1 heterocycles. The van der Waals surface area contributed by atoms with Gasteiger partial charge in [-0.2, -0.15) is 0 Å². The van der Waals surface area contributed by atoms with Gasteiger partial charge in [-0.05, 0) is 41.8 Å². The minimum atomic E-state index is -0.283. The van der Waals surface area contributed by atoms with E-state index in [9.17, 15) is 13.6 Å². The van der Waals surface area contributed by atoms with Crippen molar-refractivity contribution in [1.29, 1.82) is 0 Å². The Balaban J connectivity index is 1.68. The lowest BCUT2D eigenvalue weighted by atomic mass is 10.2. The van der Waals surface area contributed by atoms with Gasteiger partial charge in [-0.15, -0.1) is 11.8 Å². The van der Waals surface area contributed by atoms with E-state index in [1.165, 1.54) is 24.3 Å². The first-order valence-electron chi connectivity index (χ1n) is 9.69. The molecule has 156 valence electrons. The Morgan fingerprint density at radius 3 is 2.72 bits per heavy atom. The molecule has 0 saturated carbocycles. The molecule has 1 atom stereocenters. The lowest BCUT2D eigenvalue weighted by molar-refractivity contribution is -0.132. The number of ether oxygens (including phenoxy) is 1. The second kappa shape index (κ2) is 10.7. The molecule has 1 amide bonds. The number of methoxy groups -OCH3 is 1. The van der Waals surface area contributed by atoms with E-state index in [-0.39, 0.29) is 29.5 Å². The van der Waals surface area contributed by atoms with Crippen molar-refractivity contribution >= 4 is 17.7 Å². The number of nitrogens with zero attached hydrogens (tertiary/aromatic N) is 2. The number of carbonyl (C=O) groups excluding carboxylic acids is 1. The average molecular weight is 421 g/mol. The molecule has 1 aliphatic heterocycles. The van der Waals surface area contributed by atoms with Crippen molar-refractivity contribution in [2.45, 2.75) is 18.3 Å². The molecule has 0 aliphatic carbocycles.